The van der Waals surface area contributed by atoms with Crippen molar-refractivity contribution >= 4 is 29.0 Å². The lowest BCUT2D eigenvalue weighted by Gasteiger charge is -2.05. The van der Waals surface area contributed by atoms with E-state index in [1.807, 2.05) is 12.1 Å². The average molecular weight is 279 g/mol. The maximum Gasteiger partial charge on any atom is 0.220 e. The molecule has 3 aromatic heterocycles. The highest BCUT2D eigenvalue weighted by Gasteiger charge is 2.19. The molecule has 7 heteroatoms. The summed E-state index contributed by atoms with van der Waals surface area (Å²) in [5.41, 5.74) is 14.0. The third-order valence-corrected chi connectivity index (χ3v) is 3.13. The molecule has 0 saturated heterocycles. The first-order valence-corrected chi connectivity index (χ1v) is 6.18. The number of pyridine rings is 1. The molecular formula is C14H13N7. The third kappa shape index (κ3) is 1.91. The van der Waals surface area contributed by atoms with Gasteiger partial charge in [-0.15, -0.1) is 0 Å². The van der Waals surface area contributed by atoms with Crippen molar-refractivity contribution in [3.05, 3.63) is 42.9 Å². The van der Waals surface area contributed by atoms with Gasteiger partial charge in [0.05, 0.1) is 11.4 Å². The Morgan fingerprint density at radius 1 is 1.29 bits per heavy atom. The summed E-state index contributed by atoms with van der Waals surface area (Å²) in [7, 11) is 0. The molecule has 0 spiro atoms. The first-order chi connectivity index (χ1) is 10.1. The molecule has 0 bridgehead atoms. The topological polar surface area (TPSA) is 119 Å². The summed E-state index contributed by atoms with van der Waals surface area (Å²) in [6, 6.07) is 5.45. The van der Waals surface area contributed by atoms with E-state index in [4.69, 9.17) is 16.9 Å². The Morgan fingerprint density at radius 3 is 2.76 bits per heavy atom. The van der Waals surface area contributed by atoms with Crippen LogP contribution in [0.15, 0.2) is 37.2 Å². The summed E-state index contributed by atoms with van der Waals surface area (Å²) in [5.74, 6) is 0.0389. The summed E-state index contributed by atoms with van der Waals surface area (Å²) in [6.07, 6.45) is 4.85. The monoisotopic (exact) mass is 279 g/mol. The summed E-state index contributed by atoms with van der Waals surface area (Å²) in [5, 5.41) is 8.60. The van der Waals surface area contributed by atoms with Gasteiger partial charge in [-0.1, -0.05) is 6.58 Å². The van der Waals surface area contributed by atoms with Crippen LogP contribution in [0.5, 0.6) is 0 Å². The Labute approximate surface area is 120 Å². The minimum atomic E-state index is -0.137. The van der Waals surface area contributed by atoms with Crippen LogP contribution in [0.25, 0.3) is 28.4 Å². The molecule has 21 heavy (non-hydrogen) atoms. The van der Waals surface area contributed by atoms with Gasteiger partial charge in [0.15, 0.2) is 5.96 Å². The SMILES string of the molecule is C=Cc1c(-c2ccnc(N)n2)c2cccnc2n1C(=N)N. The minimum Gasteiger partial charge on any atom is -0.369 e. The lowest BCUT2D eigenvalue weighted by molar-refractivity contribution is 1.10. The molecule has 0 fully saturated rings. The molecule has 0 aliphatic rings. The number of nitrogens with two attached hydrogens (primary N) is 2. The van der Waals surface area contributed by atoms with Crippen LogP contribution in [-0.2, 0) is 0 Å². The molecule has 0 saturated carbocycles. The van der Waals surface area contributed by atoms with Gasteiger partial charge >= 0.3 is 0 Å². The number of rotatable bonds is 2. The zero-order valence-electron chi connectivity index (χ0n) is 11.1. The van der Waals surface area contributed by atoms with Crippen LogP contribution >= 0.6 is 0 Å². The lowest BCUT2D eigenvalue weighted by Crippen LogP contribution is -2.21. The highest BCUT2D eigenvalue weighted by Crippen LogP contribution is 2.33. The van der Waals surface area contributed by atoms with Crippen LogP contribution in [0.3, 0.4) is 0 Å². The standard InChI is InChI=1S/C14H13N7/c1-2-10-11(9-5-7-19-14(17)20-9)8-4-3-6-18-12(8)21(10)13(15)16/h2-7H,1H2,(H3,15,16)(H2,17,19,20). The third-order valence-electron chi connectivity index (χ3n) is 3.13. The number of anilines is 1. The van der Waals surface area contributed by atoms with E-state index in [1.54, 1.807) is 24.5 Å². The van der Waals surface area contributed by atoms with Crippen molar-refractivity contribution in [1.82, 2.24) is 19.5 Å². The molecule has 0 radical (unpaired) electrons. The molecule has 3 aromatic rings. The molecular weight excluding hydrogens is 266 g/mol. The van der Waals surface area contributed by atoms with Crippen LogP contribution in [-0.4, -0.2) is 25.5 Å². The predicted molar refractivity (Wildman–Crippen MR) is 82.6 cm³/mol. The van der Waals surface area contributed by atoms with Gasteiger partial charge in [0, 0.05) is 23.3 Å². The van der Waals surface area contributed by atoms with Gasteiger partial charge in [-0.2, -0.15) is 0 Å². The maximum absolute atomic E-state index is 7.78. The Hall–Kier alpha value is -3.22. The smallest absolute Gasteiger partial charge is 0.220 e. The summed E-state index contributed by atoms with van der Waals surface area (Å²) >= 11 is 0. The number of nitrogen functional groups attached to an aromatic ring is 2. The quantitative estimate of drug-likeness (QED) is 0.484. The van der Waals surface area contributed by atoms with Crippen molar-refractivity contribution in [2.24, 2.45) is 5.73 Å². The summed E-state index contributed by atoms with van der Waals surface area (Å²) in [6.45, 7) is 3.80. The predicted octanol–water partition coefficient (Wildman–Crippen LogP) is 1.46. The fourth-order valence-corrected chi connectivity index (χ4v) is 2.35. The number of nitrogens with one attached hydrogen (secondary N) is 1. The van der Waals surface area contributed by atoms with Crippen LogP contribution < -0.4 is 11.5 Å². The first-order valence-electron chi connectivity index (χ1n) is 6.18. The van der Waals surface area contributed by atoms with Gasteiger partial charge in [0.1, 0.15) is 5.65 Å². The molecule has 3 rings (SSSR count). The second-order valence-electron chi connectivity index (χ2n) is 4.36. The van der Waals surface area contributed by atoms with E-state index < -0.39 is 0 Å². The van der Waals surface area contributed by atoms with Gasteiger partial charge in [-0.3, -0.25) is 9.98 Å². The van der Waals surface area contributed by atoms with Crippen molar-refractivity contribution in [3.8, 4) is 11.3 Å². The van der Waals surface area contributed by atoms with E-state index in [0.717, 1.165) is 10.9 Å². The van der Waals surface area contributed by atoms with Crippen LogP contribution in [0.1, 0.15) is 5.69 Å². The molecule has 0 unspecified atom stereocenters. The lowest BCUT2D eigenvalue weighted by atomic mass is 10.1. The Bertz CT molecular complexity index is 863. The molecule has 0 atom stereocenters. The number of aromatic nitrogens is 4. The van der Waals surface area contributed by atoms with Gasteiger partial charge in [0.2, 0.25) is 5.95 Å². The molecule has 0 aliphatic heterocycles. The molecule has 0 aromatic carbocycles. The first kappa shape index (κ1) is 12.8. The van der Waals surface area contributed by atoms with Crippen LogP contribution in [0, 0.1) is 5.41 Å². The van der Waals surface area contributed by atoms with Crippen molar-refractivity contribution in [2.75, 3.05) is 5.73 Å². The van der Waals surface area contributed by atoms with Crippen molar-refractivity contribution in [2.45, 2.75) is 0 Å². The van der Waals surface area contributed by atoms with E-state index in [1.165, 1.54) is 4.57 Å². The van der Waals surface area contributed by atoms with Crippen LogP contribution in [0.2, 0.25) is 0 Å². The van der Waals surface area contributed by atoms with Crippen molar-refractivity contribution in [1.29, 1.82) is 5.41 Å². The summed E-state index contributed by atoms with van der Waals surface area (Å²) in [4.78, 5) is 12.4. The number of nitrogens with zero attached hydrogens (tertiary/aromatic N) is 4. The van der Waals surface area contributed by atoms with E-state index in [-0.39, 0.29) is 11.9 Å². The Balaban J connectivity index is 2.47. The maximum atomic E-state index is 7.78. The summed E-state index contributed by atoms with van der Waals surface area (Å²) < 4.78 is 1.52. The average Bonchev–Trinajstić information content (AvgIpc) is 2.81. The fraction of sp³-hybridized carbons (Fsp3) is 0. The van der Waals surface area contributed by atoms with Gasteiger partial charge in [-0.25, -0.2) is 15.0 Å². The van der Waals surface area contributed by atoms with Crippen molar-refractivity contribution < 1.29 is 0 Å². The fourth-order valence-electron chi connectivity index (χ4n) is 2.35. The molecule has 0 aliphatic carbocycles. The van der Waals surface area contributed by atoms with Gasteiger partial charge < -0.3 is 11.5 Å². The zero-order chi connectivity index (χ0) is 15.0. The Kier molecular flexibility index (Phi) is 2.87. The second-order valence-corrected chi connectivity index (χ2v) is 4.36. The second kappa shape index (κ2) is 4.71. The molecule has 104 valence electrons. The van der Waals surface area contributed by atoms with E-state index in [9.17, 15) is 0 Å². The van der Waals surface area contributed by atoms with E-state index in [2.05, 4.69) is 21.5 Å². The van der Waals surface area contributed by atoms with Gasteiger partial charge in [0.25, 0.3) is 0 Å². The van der Waals surface area contributed by atoms with Crippen molar-refractivity contribution in [3.63, 3.8) is 0 Å². The highest BCUT2D eigenvalue weighted by molar-refractivity contribution is 6.03. The largest absolute Gasteiger partial charge is 0.369 e. The normalized spacial score (nSPS) is 10.7. The number of hydrogen-bond acceptors (Lipinski definition) is 5. The molecule has 5 N–H and O–H groups in total. The number of fused-ring (bicyclic) bond motifs is 1. The zero-order valence-corrected chi connectivity index (χ0v) is 11.1. The Morgan fingerprint density at radius 2 is 2.10 bits per heavy atom. The van der Waals surface area contributed by atoms with E-state index >= 15 is 0 Å². The van der Waals surface area contributed by atoms with E-state index in [0.29, 0.717) is 17.0 Å². The molecule has 7 nitrogen and oxygen atoms in total. The molecule has 0 amide bonds. The number of hydrogen-bond donors (Lipinski definition) is 3. The highest BCUT2D eigenvalue weighted by atomic mass is 15.2. The molecule has 3 heterocycles. The minimum absolute atomic E-state index is 0.137. The van der Waals surface area contributed by atoms with Crippen LogP contribution in [0.4, 0.5) is 5.95 Å². The van der Waals surface area contributed by atoms with Gasteiger partial charge in [-0.05, 0) is 24.3 Å².